The monoisotopic (exact) mass is 427 g/mol. The summed E-state index contributed by atoms with van der Waals surface area (Å²) in [5.74, 6) is 0. The van der Waals surface area contributed by atoms with Crippen LogP contribution in [0, 0.1) is 26.0 Å². The Labute approximate surface area is 200 Å². The highest BCUT2D eigenvalue weighted by Gasteiger charge is 2.27. The molecule has 0 fully saturated rings. The molecule has 0 aliphatic carbocycles. The van der Waals surface area contributed by atoms with Gasteiger partial charge in [0.25, 0.3) is 0 Å². The van der Waals surface area contributed by atoms with Crippen LogP contribution in [0.2, 0.25) is 0 Å². The molecule has 2 heteroatoms. The summed E-state index contributed by atoms with van der Waals surface area (Å²) in [5, 5.41) is 3.79. The number of rotatable bonds is 1. The highest BCUT2D eigenvalue weighted by molar-refractivity contribution is 6.28. The first kappa shape index (κ1) is 12.8. The second-order valence-electron chi connectivity index (χ2n) is 10.2. The second-order valence-corrected chi connectivity index (χ2v) is 10.2. The van der Waals surface area contributed by atoms with Crippen molar-refractivity contribution in [3.63, 3.8) is 0 Å². The Bertz CT molecular complexity index is 2020. The number of benzene rings is 3. The summed E-state index contributed by atoms with van der Waals surface area (Å²) in [4.78, 5) is 0. The van der Waals surface area contributed by atoms with E-state index in [-0.39, 0.29) is 28.8 Å². The van der Waals surface area contributed by atoms with Gasteiger partial charge in [-0.3, -0.25) is 0 Å². The Balaban J connectivity index is 2.10. The fourth-order valence-electron chi connectivity index (χ4n) is 5.48. The Hall–Kier alpha value is -3.13. The number of fused-ring (bicyclic) bond motifs is 6. The van der Waals surface area contributed by atoms with Crippen molar-refractivity contribution in [1.29, 1.82) is 0 Å². The summed E-state index contributed by atoms with van der Waals surface area (Å²) < 4.78 is 71.7. The van der Waals surface area contributed by atoms with Crippen molar-refractivity contribution in [1.82, 2.24) is 4.40 Å². The zero-order chi connectivity index (χ0) is 29.3. The third-order valence-electron chi connectivity index (χ3n) is 6.69. The lowest BCUT2D eigenvalue weighted by Crippen LogP contribution is -2.29. The van der Waals surface area contributed by atoms with Crippen LogP contribution < -0.4 is 4.57 Å². The van der Waals surface area contributed by atoms with E-state index in [1.54, 1.807) is 18.5 Å². The highest BCUT2D eigenvalue weighted by atomic mass is 15.0. The average Bonchev–Trinajstić information content (AvgIpc) is 3.17. The van der Waals surface area contributed by atoms with E-state index in [0.717, 1.165) is 32.8 Å². The van der Waals surface area contributed by atoms with Gasteiger partial charge in [0.15, 0.2) is 6.17 Å². The Morgan fingerprint density at radius 3 is 2.53 bits per heavy atom. The molecule has 6 aromatic rings. The summed E-state index contributed by atoms with van der Waals surface area (Å²) in [6.45, 7) is 3.04. The molecule has 0 unspecified atom stereocenters. The molecule has 0 radical (unpaired) electrons. The van der Waals surface area contributed by atoms with E-state index >= 15 is 0 Å². The number of hydrogen-bond donors (Lipinski definition) is 0. The lowest BCUT2D eigenvalue weighted by molar-refractivity contribution is -0.643. The molecular formula is C30H31N2+. The topological polar surface area (TPSA) is 8.29 Å². The number of hydrogen-bond acceptors (Lipinski definition) is 0. The number of pyridine rings is 2. The van der Waals surface area contributed by atoms with Crippen LogP contribution in [0.3, 0.4) is 0 Å². The second kappa shape index (κ2) is 6.22. The fourth-order valence-corrected chi connectivity index (χ4v) is 5.48. The van der Waals surface area contributed by atoms with Crippen molar-refractivity contribution >= 4 is 49.0 Å². The van der Waals surface area contributed by atoms with Gasteiger partial charge in [-0.1, -0.05) is 45.0 Å². The summed E-state index contributed by atoms with van der Waals surface area (Å²) in [6, 6.07) is 11.3. The summed E-state index contributed by atoms with van der Waals surface area (Å²) in [6.07, 6.45) is 0.695. The maximum absolute atomic E-state index is 8.98. The molecule has 0 saturated carbocycles. The predicted molar refractivity (Wildman–Crippen MR) is 137 cm³/mol. The van der Waals surface area contributed by atoms with Crippen LogP contribution in [0.5, 0.6) is 0 Å². The van der Waals surface area contributed by atoms with Crippen LogP contribution in [0.1, 0.15) is 54.0 Å². The summed E-state index contributed by atoms with van der Waals surface area (Å²) in [5.41, 5.74) is 3.97. The largest absolute Gasteiger partial charge is 0.307 e. The third-order valence-corrected chi connectivity index (χ3v) is 6.69. The molecule has 2 nitrogen and oxygen atoms in total. The van der Waals surface area contributed by atoms with Gasteiger partial charge >= 0.3 is 0 Å². The zero-order valence-electron chi connectivity index (χ0n) is 27.1. The quantitative estimate of drug-likeness (QED) is 0.147. The van der Waals surface area contributed by atoms with Crippen LogP contribution in [0.4, 0.5) is 0 Å². The third kappa shape index (κ3) is 2.44. The molecule has 0 amide bonds. The molecule has 6 rings (SSSR count). The predicted octanol–water partition coefficient (Wildman–Crippen LogP) is 7.33. The van der Waals surface area contributed by atoms with Gasteiger partial charge in [0.1, 0.15) is 8.42 Å². The molecule has 32 heavy (non-hydrogen) atoms. The maximum Gasteiger partial charge on any atom is 0.224 e. The van der Waals surface area contributed by atoms with Gasteiger partial charge in [-0.05, 0) is 72.2 Å². The van der Waals surface area contributed by atoms with Gasteiger partial charge in [0.2, 0.25) is 5.52 Å². The van der Waals surface area contributed by atoms with Gasteiger partial charge in [0, 0.05) is 25.0 Å². The maximum atomic E-state index is 8.98. The molecule has 160 valence electrons. The van der Waals surface area contributed by atoms with Crippen molar-refractivity contribution in [3.05, 3.63) is 70.9 Å². The van der Waals surface area contributed by atoms with Crippen molar-refractivity contribution in [3.8, 4) is 0 Å². The molecule has 3 aromatic heterocycles. The van der Waals surface area contributed by atoms with Gasteiger partial charge in [0.05, 0.1) is 28.7 Å². The van der Waals surface area contributed by atoms with Crippen molar-refractivity contribution in [2.24, 2.45) is 12.5 Å². The molecule has 0 N–H and O–H groups in total. The SMILES string of the molecule is [2H]c1c([2H])[n+](C)c2c3c(C)c(C([2H])([2H])[2H])cc(C([2H])([2H])[2H])c3n3c4ccccc4c4c(CC(C)(C)C)cc1c2c43. The molecule has 0 atom stereocenters. The molecule has 0 aliphatic heterocycles. The van der Waals surface area contributed by atoms with Crippen LogP contribution in [0.25, 0.3) is 49.0 Å². The lowest BCUT2D eigenvalue weighted by Gasteiger charge is -2.21. The van der Waals surface area contributed by atoms with Crippen LogP contribution in [0.15, 0.2) is 48.6 Å². The van der Waals surface area contributed by atoms with Crippen LogP contribution >= 0.6 is 0 Å². The first-order valence-electron chi connectivity index (χ1n) is 15.0. The first-order valence-corrected chi connectivity index (χ1v) is 11.0. The van der Waals surface area contributed by atoms with Crippen molar-refractivity contribution in [2.45, 2.75) is 47.8 Å². The minimum absolute atomic E-state index is 0.0202. The van der Waals surface area contributed by atoms with E-state index in [0.29, 0.717) is 33.8 Å². The Kier molecular flexibility index (Phi) is 2.49. The van der Waals surface area contributed by atoms with E-state index in [9.17, 15) is 0 Å². The highest BCUT2D eigenvalue weighted by Crippen LogP contribution is 2.44. The number of para-hydroxylation sites is 1. The zero-order valence-corrected chi connectivity index (χ0v) is 19.1. The van der Waals surface area contributed by atoms with E-state index in [1.165, 1.54) is 6.07 Å². The number of nitrogens with zero attached hydrogens (tertiary/aromatic N) is 2. The van der Waals surface area contributed by atoms with Crippen molar-refractivity contribution < 1.29 is 15.5 Å². The lowest BCUT2D eigenvalue weighted by atomic mass is 9.85. The molecule has 0 bridgehead atoms. The molecule has 0 spiro atoms. The molecule has 3 heterocycles. The van der Waals surface area contributed by atoms with Gasteiger partial charge in [-0.2, -0.15) is 0 Å². The smallest absolute Gasteiger partial charge is 0.224 e. The fraction of sp³-hybridized carbons (Fsp3) is 0.300. The minimum Gasteiger partial charge on any atom is -0.307 e. The molecule has 3 aromatic carbocycles. The standard InChI is InChI=1S/C30H31N2/c1-17-14-18(2)27-24(19(17)3)28-26-20(12-13-31(28)7)15-21(16-30(4,5)6)25-22-10-8-9-11-23(22)32(27)29(25)26/h8-15H,16H2,1-7H3/q+1/i1D3,2D3,12D,13D. The van der Waals surface area contributed by atoms with Gasteiger partial charge in [-0.25, -0.2) is 4.57 Å². The van der Waals surface area contributed by atoms with Crippen LogP contribution in [-0.2, 0) is 13.5 Å². The first-order chi connectivity index (χ1) is 18.4. The average molecular weight is 428 g/mol. The normalized spacial score (nSPS) is 17.4. The number of aromatic nitrogens is 2. The summed E-state index contributed by atoms with van der Waals surface area (Å²) in [7, 11) is 1.70. The van der Waals surface area contributed by atoms with Crippen LogP contribution in [-0.4, -0.2) is 4.40 Å². The van der Waals surface area contributed by atoms with Gasteiger partial charge in [-0.15, -0.1) is 0 Å². The van der Waals surface area contributed by atoms with Gasteiger partial charge < -0.3 is 4.40 Å². The molecule has 0 saturated heterocycles. The van der Waals surface area contributed by atoms with E-state index in [2.05, 4.69) is 20.8 Å². The summed E-state index contributed by atoms with van der Waals surface area (Å²) >= 11 is 0. The molecule has 0 aliphatic rings. The van der Waals surface area contributed by atoms with E-state index in [4.69, 9.17) is 11.0 Å². The Morgan fingerprint density at radius 2 is 1.78 bits per heavy atom. The number of aryl methyl sites for hydroxylation is 4. The van der Waals surface area contributed by atoms with E-state index < -0.39 is 13.7 Å². The van der Waals surface area contributed by atoms with E-state index in [1.807, 2.05) is 34.7 Å². The van der Waals surface area contributed by atoms with Crippen molar-refractivity contribution in [2.75, 3.05) is 0 Å². The Morgan fingerprint density at radius 1 is 1.00 bits per heavy atom. The molecular weight excluding hydrogens is 388 g/mol. The minimum atomic E-state index is -2.60.